The van der Waals surface area contributed by atoms with Crippen molar-refractivity contribution in [2.45, 2.75) is 42.9 Å². The number of benzene rings is 1. The van der Waals surface area contributed by atoms with E-state index in [4.69, 9.17) is 0 Å². The van der Waals surface area contributed by atoms with E-state index in [1.165, 1.54) is 22.6 Å². The van der Waals surface area contributed by atoms with E-state index in [1.54, 1.807) is 11.3 Å². The van der Waals surface area contributed by atoms with Gasteiger partial charge in [-0.1, -0.05) is 18.2 Å². The molecule has 1 saturated carbocycles. The van der Waals surface area contributed by atoms with Gasteiger partial charge in [0, 0.05) is 28.1 Å². The molecule has 1 aliphatic rings. The van der Waals surface area contributed by atoms with Crippen molar-refractivity contribution in [1.29, 1.82) is 0 Å². The lowest BCUT2D eigenvalue weighted by molar-refractivity contribution is 0.767. The minimum absolute atomic E-state index is 0. The summed E-state index contributed by atoms with van der Waals surface area (Å²) in [5, 5.41) is 8.01. The Hall–Kier alpha value is -0.800. The quantitative estimate of drug-likeness (QED) is 0.360. The largest absolute Gasteiger partial charge is 0.355 e. The highest BCUT2D eigenvalue weighted by atomic mass is 127. The van der Waals surface area contributed by atoms with Gasteiger partial charge in [-0.2, -0.15) is 0 Å². The number of nitrogens with zero attached hydrogens (tertiary/aromatic N) is 2. The van der Waals surface area contributed by atoms with Crippen LogP contribution in [0.4, 0.5) is 0 Å². The van der Waals surface area contributed by atoms with Crippen LogP contribution in [0.15, 0.2) is 40.2 Å². The second-order valence-corrected chi connectivity index (χ2v) is 8.95. The molecule has 2 aromatic rings. The van der Waals surface area contributed by atoms with Crippen LogP contribution in [0.2, 0.25) is 0 Å². The zero-order valence-corrected chi connectivity index (χ0v) is 18.8. The molecule has 0 saturated heterocycles. The number of rotatable bonds is 6. The number of thiazole rings is 1. The summed E-state index contributed by atoms with van der Waals surface area (Å²) >= 11 is 3.72. The Bertz CT molecular complexity index is 711. The van der Waals surface area contributed by atoms with Crippen LogP contribution in [0.3, 0.4) is 0 Å². The SMILES string of the molecule is CN=C(NCc1sc(C)nc1C)NCC1(Sc2ccccc2)CC1.I. The first-order chi connectivity index (χ1) is 11.6. The fourth-order valence-corrected chi connectivity index (χ4v) is 4.68. The molecule has 0 bridgehead atoms. The molecule has 0 aliphatic heterocycles. The lowest BCUT2D eigenvalue weighted by atomic mass is 10.4. The molecule has 1 fully saturated rings. The van der Waals surface area contributed by atoms with Crippen LogP contribution in [0.25, 0.3) is 0 Å². The van der Waals surface area contributed by atoms with E-state index in [0.29, 0.717) is 4.75 Å². The second kappa shape index (κ2) is 9.23. The van der Waals surface area contributed by atoms with Gasteiger partial charge in [-0.25, -0.2) is 4.98 Å². The number of hydrogen-bond donors (Lipinski definition) is 2. The lowest BCUT2D eigenvalue weighted by Gasteiger charge is -2.18. The third-order valence-electron chi connectivity index (χ3n) is 4.10. The van der Waals surface area contributed by atoms with Crippen LogP contribution in [0, 0.1) is 13.8 Å². The van der Waals surface area contributed by atoms with Crippen molar-refractivity contribution in [3.8, 4) is 0 Å². The Labute approximate surface area is 175 Å². The molecule has 2 N–H and O–H groups in total. The summed E-state index contributed by atoms with van der Waals surface area (Å²) in [7, 11) is 1.82. The van der Waals surface area contributed by atoms with Crippen LogP contribution in [0.5, 0.6) is 0 Å². The molecule has 25 heavy (non-hydrogen) atoms. The Morgan fingerprint density at radius 3 is 2.52 bits per heavy atom. The smallest absolute Gasteiger partial charge is 0.191 e. The summed E-state index contributed by atoms with van der Waals surface area (Å²) in [5.74, 6) is 0.861. The zero-order chi connectivity index (χ0) is 17.0. The van der Waals surface area contributed by atoms with E-state index in [2.05, 4.69) is 57.9 Å². The van der Waals surface area contributed by atoms with Gasteiger partial charge in [0.1, 0.15) is 0 Å². The fourth-order valence-electron chi connectivity index (χ4n) is 2.56. The Morgan fingerprint density at radius 1 is 1.24 bits per heavy atom. The number of halogens is 1. The summed E-state index contributed by atoms with van der Waals surface area (Å²) < 4.78 is 0.315. The molecule has 0 atom stereocenters. The minimum Gasteiger partial charge on any atom is -0.355 e. The first kappa shape index (κ1) is 20.5. The van der Waals surface area contributed by atoms with Crippen LogP contribution >= 0.6 is 47.1 Å². The summed E-state index contributed by atoms with van der Waals surface area (Å²) in [6, 6.07) is 10.6. The molecule has 3 rings (SSSR count). The molecule has 0 amide bonds. The van der Waals surface area contributed by atoms with Crippen LogP contribution in [-0.4, -0.2) is 29.3 Å². The third-order valence-corrected chi connectivity index (χ3v) is 6.67. The van der Waals surface area contributed by atoms with Crippen molar-refractivity contribution in [3.05, 3.63) is 45.9 Å². The topological polar surface area (TPSA) is 49.3 Å². The van der Waals surface area contributed by atoms with Gasteiger partial charge in [-0.05, 0) is 38.8 Å². The summed E-state index contributed by atoms with van der Waals surface area (Å²) in [6.45, 7) is 5.82. The molecule has 7 heteroatoms. The predicted octanol–water partition coefficient (Wildman–Crippen LogP) is 4.37. The molecule has 1 heterocycles. The van der Waals surface area contributed by atoms with Crippen molar-refractivity contribution in [2.24, 2.45) is 4.99 Å². The van der Waals surface area contributed by atoms with Gasteiger partial charge < -0.3 is 10.6 Å². The number of guanidine groups is 1. The molecular formula is C18H25IN4S2. The van der Waals surface area contributed by atoms with Crippen molar-refractivity contribution in [2.75, 3.05) is 13.6 Å². The van der Waals surface area contributed by atoms with Crippen LogP contribution < -0.4 is 10.6 Å². The van der Waals surface area contributed by atoms with E-state index in [0.717, 1.165) is 29.8 Å². The van der Waals surface area contributed by atoms with Gasteiger partial charge in [-0.15, -0.1) is 47.1 Å². The first-order valence-electron chi connectivity index (χ1n) is 8.22. The van der Waals surface area contributed by atoms with E-state index in [-0.39, 0.29) is 24.0 Å². The lowest BCUT2D eigenvalue weighted by Crippen LogP contribution is -2.40. The molecule has 0 spiro atoms. The minimum atomic E-state index is 0. The number of hydrogen-bond acceptors (Lipinski definition) is 4. The second-order valence-electron chi connectivity index (χ2n) is 6.12. The van der Waals surface area contributed by atoms with Gasteiger partial charge >= 0.3 is 0 Å². The Kier molecular flexibility index (Phi) is 7.57. The average molecular weight is 488 g/mol. The number of nitrogens with one attached hydrogen (secondary N) is 2. The van der Waals surface area contributed by atoms with Crippen LogP contribution in [0.1, 0.15) is 28.4 Å². The maximum atomic E-state index is 4.47. The normalized spacial score (nSPS) is 15.4. The highest BCUT2D eigenvalue weighted by Crippen LogP contribution is 2.51. The molecule has 0 radical (unpaired) electrons. The summed E-state index contributed by atoms with van der Waals surface area (Å²) in [5.41, 5.74) is 1.11. The van der Waals surface area contributed by atoms with Gasteiger partial charge in [0.2, 0.25) is 0 Å². The highest BCUT2D eigenvalue weighted by Gasteiger charge is 2.43. The number of aliphatic imine (C=N–C) groups is 1. The van der Waals surface area contributed by atoms with Gasteiger partial charge in [-0.3, -0.25) is 4.99 Å². The van der Waals surface area contributed by atoms with E-state index in [1.807, 2.05) is 25.7 Å². The molecule has 0 unspecified atom stereocenters. The number of aryl methyl sites for hydroxylation is 2. The molecule has 1 aromatic carbocycles. The van der Waals surface area contributed by atoms with Crippen molar-refractivity contribution in [1.82, 2.24) is 15.6 Å². The average Bonchev–Trinajstić information content (AvgIpc) is 3.26. The Morgan fingerprint density at radius 2 is 1.96 bits per heavy atom. The van der Waals surface area contributed by atoms with Crippen molar-refractivity contribution in [3.63, 3.8) is 0 Å². The number of aromatic nitrogens is 1. The van der Waals surface area contributed by atoms with Crippen molar-refractivity contribution < 1.29 is 0 Å². The molecular weight excluding hydrogens is 463 g/mol. The number of thioether (sulfide) groups is 1. The maximum absolute atomic E-state index is 4.47. The van der Waals surface area contributed by atoms with Crippen LogP contribution in [-0.2, 0) is 6.54 Å². The molecule has 4 nitrogen and oxygen atoms in total. The van der Waals surface area contributed by atoms with E-state index >= 15 is 0 Å². The predicted molar refractivity (Wildman–Crippen MR) is 119 cm³/mol. The standard InChI is InChI=1S/C18H24N4S2.HI/c1-13-16(23-14(2)22-13)11-20-17(19-3)21-12-18(9-10-18)24-15-7-5-4-6-8-15;/h4-8H,9-12H2,1-3H3,(H2,19,20,21);1H. The molecule has 1 aliphatic carbocycles. The summed E-state index contributed by atoms with van der Waals surface area (Å²) in [4.78, 5) is 11.4. The monoisotopic (exact) mass is 488 g/mol. The maximum Gasteiger partial charge on any atom is 0.191 e. The first-order valence-corrected chi connectivity index (χ1v) is 9.85. The van der Waals surface area contributed by atoms with Gasteiger partial charge in [0.05, 0.1) is 17.2 Å². The third kappa shape index (κ3) is 5.86. The zero-order valence-electron chi connectivity index (χ0n) is 14.8. The highest BCUT2D eigenvalue weighted by molar-refractivity contribution is 14.0. The van der Waals surface area contributed by atoms with E-state index < -0.39 is 0 Å². The van der Waals surface area contributed by atoms with Gasteiger partial charge in [0.25, 0.3) is 0 Å². The molecule has 1 aromatic heterocycles. The Balaban J connectivity index is 0.00000225. The van der Waals surface area contributed by atoms with Gasteiger partial charge in [0.15, 0.2) is 5.96 Å². The van der Waals surface area contributed by atoms with Crippen molar-refractivity contribution >= 4 is 53.0 Å². The molecule has 136 valence electrons. The van der Waals surface area contributed by atoms with E-state index in [9.17, 15) is 0 Å². The fraction of sp³-hybridized carbons (Fsp3) is 0.444. The summed E-state index contributed by atoms with van der Waals surface area (Å²) in [6.07, 6.45) is 2.51.